The van der Waals surface area contributed by atoms with Crippen molar-refractivity contribution in [2.24, 2.45) is 0 Å². The molecule has 2 rings (SSSR count). The zero-order chi connectivity index (χ0) is 10.5. The molecule has 82 valence electrons. The third-order valence-corrected chi connectivity index (χ3v) is 3.26. The fraction of sp³-hybridized carbons (Fsp3) is 0.571. The van der Waals surface area contributed by atoms with Gasteiger partial charge in [-0.1, -0.05) is 37.6 Å². The fourth-order valence-corrected chi connectivity index (χ4v) is 2.27. The summed E-state index contributed by atoms with van der Waals surface area (Å²) in [6, 6.07) is 9.81. The number of hydrogen-bond donors (Lipinski definition) is 1. The lowest BCUT2D eigenvalue weighted by Gasteiger charge is -2.11. The Balaban J connectivity index is 1.96. The molecule has 0 aliphatic carbocycles. The summed E-state index contributed by atoms with van der Waals surface area (Å²) in [5.41, 5.74) is 2.95. The predicted molar refractivity (Wildman–Crippen MR) is 65.0 cm³/mol. The molecular weight excluding hydrogens is 182 g/mol. The van der Waals surface area contributed by atoms with Crippen LogP contribution in [0.2, 0.25) is 0 Å². The summed E-state index contributed by atoms with van der Waals surface area (Å²) < 4.78 is 0. The third kappa shape index (κ3) is 2.82. The van der Waals surface area contributed by atoms with Gasteiger partial charge in [0.2, 0.25) is 0 Å². The molecule has 0 amide bonds. The van der Waals surface area contributed by atoms with E-state index in [1.807, 2.05) is 0 Å². The minimum absolute atomic E-state index is 0.616. The van der Waals surface area contributed by atoms with Crippen LogP contribution < -0.4 is 5.32 Å². The Kier molecular flexibility index (Phi) is 3.79. The molecule has 1 nitrogen and oxygen atoms in total. The first-order chi connectivity index (χ1) is 7.40. The Morgan fingerprint density at radius 1 is 1.27 bits per heavy atom. The van der Waals surface area contributed by atoms with Crippen LogP contribution in [0.4, 0.5) is 0 Å². The molecule has 1 aromatic rings. The summed E-state index contributed by atoms with van der Waals surface area (Å²) in [4.78, 5) is 0. The highest BCUT2D eigenvalue weighted by Gasteiger charge is 2.15. The normalized spacial score (nSPS) is 20.7. The summed E-state index contributed by atoms with van der Waals surface area (Å²) >= 11 is 0. The predicted octanol–water partition coefficient (Wildman–Crippen LogP) is 3.45. The lowest BCUT2D eigenvalue weighted by molar-refractivity contribution is 0.647. The number of hydrogen-bond acceptors (Lipinski definition) is 1. The maximum atomic E-state index is 3.54. The van der Waals surface area contributed by atoms with Gasteiger partial charge in [0, 0.05) is 6.04 Å². The van der Waals surface area contributed by atoms with Crippen molar-refractivity contribution in [1.82, 2.24) is 5.32 Å². The zero-order valence-corrected chi connectivity index (χ0v) is 9.63. The number of nitrogens with one attached hydrogen (secondary N) is 1. The van der Waals surface area contributed by atoms with Gasteiger partial charge in [-0.3, -0.25) is 0 Å². The fourth-order valence-electron chi connectivity index (χ4n) is 2.27. The minimum Gasteiger partial charge on any atom is -0.310 e. The van der Waals surface area contributed by atoms with Gasteiger partial charge in [0.05, 0.1) is 0 Å². The first kappa shape index (κ1) is 10.7. The van der Waals surface area contributed by atoms with Gasteiger partial charge >= 0.3 is 0 Å². The highest BCUT2D eigenvalue weighted by molar-refractivity contribution is 5.25. The molecule has 1 saturated heterocycles. The molecular formula is C14H21N. The van der Waals surface area contributed by atoms with Crippen LogP contribution in [-0.4, -0.2) is 6.54 Å². The van der Waals surface area contributed by atoms with E-state index in [9.17, 15) is 0 Å². The van der Waals surface area contributed by atoms with E-state index in [0.29, 0.717) is 6.04 Å². The maximum Gasteiger partial charge on any atom is 0.0320 e. The second-order valence-electron chi connectivity index (χ2n) is 4.49. The smallest absolute Gasteiger partial charge is 0.0320 e. The van der Waals surface area contributed by atoms with Crippen LogP contribution in [-0.2, 0) is 6.42 Å². The van der Waals surface area contributed by atoms with E-state index in [-0.39, 0.29) is 0 Å². The molecule has 1 atom stereocenters. The summed E-state index contributed by atoms with van der Waals surface area (Å²) in [5, 5.41) is 3.54. The first-order valence-corrected chi connectivity index (χ1v) is 6.22. The van der Waals surface area contributed by atoms with Crippen molar-refractivity contribution in [2.75, 3.05) is 6.54 Å². The van der Waals surface area contributed by atoms with Gasteiger partial charge in [-0.25, -0.2) is 0 Å². The molecule has 0 bridgehead atoms. The van der Waals surface area contributed by atoms with Crippen molar-refractivity contribution >= 4 is 0 Å². The maximum absolute atomic E-state index is 3.54. The Hall–Kier alpha value is -0.820. The van der Waals surface area contributed by atoms with Crippen LogP contribution in [0.25, 0.3) is 0 Å². The molecule has 1 unspecified atom stereocenters. The molecule has 0 aromatic heterocycles. The van der Waals surface area contributed by atoms with E-state index < -0.39 is 0 Å². The van der Waals surface area contributed by atoms with Crippen molar-refractivity contribution in [1.29, 1.82) is 0 Å². The average molecular weight is 203 g/mol. The van der Waals surface area contributed by atoms with E-state index >= 15 is 0 Å². The molecule has 1 aromatic carbocycles. The standard InChI is InChI=1S/C14H21N/c1-2-3-5-12-7-9-13(10-8-12)14-6-4-11-15-14/h7-10,14-15H,2-6,11H2,1H3. The number of aryl methyl sites for hydroxylation is 1. The molecule has 0 saturated carbocycles. The van der Waals surface area contributed by atoms with Gasteiger partial charge in [-0.05, 0) is 43.4 Å². The first-order valence-electron chi connectivity index (χ1n) is 6.22. The largest absolute Gasteiger partial charge is 0.310 e. The van der Waals surface area contributed by atoms with Crippen LogP contribution in [0.3, 0.4) is 0 Å². The van der Waals surface area contributed by atoms with Gasteiger partial charge in [-0.2, -0.15) is 0 Å². The summed E-state index contributed by atoms with van der Waals surface area (Å²) in [6.07, 6.45) is 6.44. The summed E-state index contributed by atoms with van der Waals surface area (Å²) in [5.74, 6) is 0. The molecule has 1 aliphatic rings. The Bertz CT molecular complexity index is 283. The van der Waals surface area contributed by atoms with Gasteiger partial charge < -0.3 is 5.32 Å². The molecule has 0 spiro atoms. The topological polar surface area (TPSA) is 12.0 Å². The van der Waals surface area contributed by atoms with E-state index in [1.54, 1.807) is 0 Å². The molecule has 15 heavy (non-hydrogen) atoms. The van der Waals surface area contributed by atoms with Gasteiger partial charge in [0.25, 0.3) is 0 Å². The van der Waals surface area contributed by atoms with Crippen LogP contribution >= 0.6 is 0 Å². The molecule has 1 heterocycles. The molecule has 1 aliphatic heterocycles. The second-order valence-corrected chi connectivity index (χ2v) is 4.49. The highest BCUT2D eigenvalue weighted by atomic mass is 14.9. The lowest BCUT2D eigenvalue weighted by atomic mass is 10.0. The highest BCUT2D eigenvalue weighted by Crippen LogP contribution is 2.23. The molecule has 1 fully saturated rings. The molecule has 1 heteroatoms. The van der Waals surface area contributed by atoms with Crippen molar-refractivity contribution in [3.63, 3.8) is 0 Å². The summed E-state index contributed by atoms with van der Waals surface area (Å²) in [7, 11) is 0. The quantitative estimate of drug-likeness (QED) is 0.790. The van der Waals surface area contributed by atoms with Gasteiger partial charge in [0.1, 0.15) is 0 Å². The van der Waals surface area contributed by atoms with Crippen molar-refractivity contribution in [3.05, 3.63) is 35.4 Å². The Morgan fingerprint density at radius 3 is 2.67 bits per heavy atom. The Morgan fingerprint density at radius 2 is 2.07 bits per heavy atom. The van der Waals surface area contributed by atoms with Crippen LogP contribution in [0.15, 0.2) is 24.3 Å². The van der Waals surface area contributed by atoms with Crippen LogP contribution in [0.5, 0.6) is 0 Å². The number of rotatable bonds is 4. The van der Waals surface area contributed by atoms with Gasteiger partial charge in [-0.15, -0.1) is 0 Å². The monoisotopic (exact) mass is 203 g/mol. The average Bonchev–Trinajstić information content (AvgIpc) is 2.80. The van der Waals surface area contributed by atoms with E-state index in [0.717, 1.165) is 0 Å². The van der Waals surface area contributed by atoms with Crippen LogP contribution in [0, 0.1) is 0 Å². The number of benzene rings is 1. The van der Waals surface area contributed by atoms with E-state index in [1.165, 1.54) is 49.8 Å². The molecule has 1 N–H and O–H groups in total. The lowest BCUT2D eigenvalue weighted by Crippen LogP contribution is -2.12. The van der Waals surface area contributed by atoms with Gasteiger partial charge in [0.15, 0.2) is 0 Å². The zero-order valence-electron chi connectivity index (χ0n) is 9.63. The minimum atomic E-state index is 0.616. The van der Waals surface area contributed by atoms with Crippen molar-refractivity contribution in [2.45, 2.75) is 45.1 Å². The van der Waals surface area contributed by atoms with Crippen LogP contribution in [0.1, 0.15) is 49.8 Å². The van der Waals surface area contributed by atoms with E-state index in [4.69, 9.17) is 0 Å². The Labute approximate surface area is 92.9 Å². The SMILES string of the molecule is CCCCc1ccc(C2CCCN2)cc1. The molecule has 0 radical (unpaired) electrons. The second kappa shape index (κ2) is 5.32. The van der Waals surface area contributed by atoms with Crippen molar-refractivity contribution in [3.8, 4) is 0 Å². The number of unbranched alkanes of at least 4 members (excludes halogenated alkanes) is 1. The summed E-state index contributed by atoms with van der Waals surface area (Å²) in [6.45, 7) is 3.43. The van der Waals surface area contributed by atoms with E-state index in [2.05, 4.69) is 36.5 Å². The van der Waals surface area contributed by atoms with Crippen molar-refractivity contribution < 1.29 is 0 Å². The third-order valence-electron chi connectivity index (χ3n) is 3.26.